The van der Waals surface area contributed by atoms with Crippen molar-refractivity contribution in [3.05, 3.63) is 0 Å². The first-order valence-corrected chi connectivity index (χ1v) is 7.25. The lowest BCUT2D eigenvalue weighted by Gasteiger charge is -2.38. The molecule has 0 aromatic heterocycles. The van der Waals surface area contributed by atoms with E-state index < -0.39 is 0 Å². The summed E-state index contributed by atoms with van der Waals surface area (Å²) in [6.45, 7) is 5.54. The highest BCUT2D eigenvalue weighted by atomic mass is 35.5. The summed E-state index contributed by atoms with van der Waals surface area (Å²) in [5, 5.41) is 0. The molecule has 2 rings (SSSR count). The van der Waals surface area contributed by atoms with Gasteiger partial charge in [-0.25, -0.2) is 0 Å². The summed E-state index contributed by atoms with van der Waals surface area (Å²) in [5.41, 5.74) is 0. The van der Waals surface area contributed by atoms with E-state index in [1.54, 1.807) is 0 Å². The monoisotopic (exact) mass is 245 g/mol. The van der Waals surface area contributed by atoms with Gasteiger partial charge in [-0.05, 0) is 25.7 Å². The summed E-state index contributed by atoms with van der Waals surface area (Å²) in [4.78, 5) is 2.57. The van der Waals surface area contributed by atoms with Gasteiger partial charge >= 0.3 is 0 Å². The number of alkyl halides is 1. The van der Waals surface area contributed by atoms with Crippen LogP contribution in [0.5, 0.6) is 0 Å². The number of hydrogen-bond acceptors (Lipinski definition) is 2. The fraction of sp³-hybridized carbons (Fsp3) is 1.00. The summed E-state index contributed by atoms with van der Waals surface area (Å²) < 4.78 is 5.78. The van der Waals surface area contributed by atoms with E-state index in [0.29, 0.717) is 12.0 Å². The number of halogens is 1. The molecule has 2 aliphatic rings. The minimum absolute atomic E-state index is 0.244. The van der Waals surface area contributed by atoms with E-state index >= 15 is 0 Å². The summed E-state index contributed by atoms with van der Waals surface area (Å²) in [5.74, 6) is 1.56. The van der Waals surface area contributed by atoms with Gasteiger partial charge < -0.3 is 4.74 Å². The van der Waals surface area contributed by atoms with Gasteiger partial charge in [0.05, 0.1) is 12.2 Å². The van der Waals surface area contributed by atoms with Crippen molar-refractivity contribution in [2.75, 3.05) is 25.5 Å². The molecule has 1 aliphatic carbocycles. The molecule has 2 nitrogen and oxygen atoms in total. The van der Waals surface area contributed by atoms with Gasteiger partial charge in [0.2, 0.25) is 0 Å². The molecule has 16 heavy (non-hydrogen) atoms. The van der Waals surface area contributed by atoms with Gasteiger partial charge in [0.15, 0.2) is 0 Å². The second-order valence-corrected chi connectivity index (χ2v) is 5.75. The Morgan fingerprint density at radius 1 is 1.19 bits per heavy atom. The average molecular weight is 246 g/mol. The Kier molecular flexibility index (Phi) is 4.93. The van der Waals surface area contributed by atoms with Crippen molar-refractivity contribution >= 4 is 11.6 Å². The van der Waals surface area contributed by atoms with Gasteiger partial charge in [-0.15, -0.1) is 11.6 Å². The van der Waals surface area contributed by atoms with Crippen LogP contribution in [-0.2, 0) is 4.74 Å². The molecule has 0 aromatic rings. The van der Waals surface area contributed by atoms with Crippen LogP contribution in [0.4, 0.5) is 0 Å². The molecule has 0 N–H and O–H groups in total. The van der Waals surface area contributed by atoms with Gasteiger partial charge in [-0.3, -0.25) is 4.90 Å². The molecule has 0 bridgehead atoms. The number of nitrogens with zero attached hydrogens (tertiary/aromatic N) is 1. The fourth-order valence-electron chi connectivity index (χ4n) is 3.11. The second-order valence-electron chi connectivity index (χ2n) is 5.45. The summed E-state index contributed by atoms with van der Waals surface area (Å²) in [6.07, 6.45) is 7.76. The first-order valence-electron chi connectivity index (χ1n) is 6.71. The van der Waals surface area contributed by atoms with E-state index in [-0.39, 0.29) is 6.10 Å². The van der Waals surface area contributed by atoms with Crippen LogP contribution >= 0.6 is 11.6 Å². The van der Waals surface area contributed by atoms with Gasteiger partial charge in [0.25, 0.3) is 0 Å². The van der Waals surface area contributed by atoms with Gasteiger partial charge in [0.1, 0.15) is 0 Å². The molecule has 1 saturated carbocycles. The van der Waals surface area contributed by atoms with E-state index in [9.17, 15) is 0 Å². The Balaban J connectivity index is 1.78. The van der Waals surface area contributed by atoms with Crippen LogP contribution < -0.4 is 0 Å². The molecule has 0 amide bonds. The molecule has 94 valence electrons. The lowest BCUT2D eigenvalue weighted by atomic mass is 9.88. The number of ether oxygens (including phenoxy) is 1. The zero-order valence-corrected chi connectivity index (χ0v) is 11.1. The van der Waals surface area contributed by atoms with Gasteiger partial charge in [-0.1, -0.05) is 19.3 Å². The molecule has 2 unspecified atom stereocenters. The highest BCUT2D eigenvalue weighted by molar-refractivity contribution is 6.18. The van der Waals surface area contributed by atoms with Crippen LogP contribution in [0.25, 0.3) is 0 Å². The molecule has 1 heterocycles. The Bertz CT molecular complexity index is 206. The molecule has 1 saturated heterocycles. The number of hydrogen-bond donors (Lipinski definition) is 0. The van der Waals surface area contributed by atoms with Crippen molar-refractivity contribution in [3.8, 4) is 0 Å². The Morgan fingerprint density at radius 2 is 1.94 bits per heavy atom. The van der Waals surface area contributed by atoms with Crippen molar-refractivity contribution in [1.82, 2.24) is 4.90 Å². The van der Waals surface area contributed by atoms with Crippen LogP contribution in [0.3, 0.4) is 0 Å². The maximum absolute atomic E-state index is 5.90. The third kappa shape index (κ3) is 3.61. The largest absolute Gasteiger partial charge is 0.371 e. The highest BCUT2D eigenvalue weighted by Gasteiger charge is 2.26. The van der Waals surface area contributed by atoms with Crippen molar-refractivity contribution < 1.29 is 4.74 Å². The molecule has 1 aliphatic heterocycles. The quantitative estimate of drug-likeness (QED) is 0.709. The second kappa shape index (κ2) is 6.23. The predicted molar refractivity (Wildman–Crippen MR) is 68.1 cm³/mol. The van der Waals surface area contributed by atoms with E-state index in [1.807, 2.05) is 0 Å². The standard InChI is InChI=1S/C13H24ClNO/c1-11-8-15(10-13(7-14)16-11)9-12-5-3-2-4-6-12/h11-13H,2-10H2,1H3. The van der Waals surface area contributed by atoms with Crippen molar-refractivity contribution in [2.45, 2.75) is 51.2 Å². The first kappa shape index (κ1) is 12.7. The van der Waals surface area contributed by atoms with Crippen LogP contribution in [0, 0.1) is 5.92 Å². The molecule has 3 heteroatoms. The Labute approximate surface area is 104 Å². The van der Waals surface area contributed by atoms with E-state index in [1.165, 1.54) is 38.6 Å². The van der Waals surface area contributed by atoms with Gasteiger partial charge in [0, 0.05) is 25.5 Å². The topological polar surface area (TPSA) is 12.5 Å². The van der Waals surface area contributed by atoms with Crippen molar-refractivity contribution in [1.29, 1.82) is 0 Å². The van der Waals surface area contributed by atoms with Crippen molar-refractivity contribution in [3.63, 3.8) is 0 Å². The lowest BCUT2D eigenvalue weighted by Crippen LogP contribution is -2.48. The Morgan fingerprint density at radius 3 is 2.62 bits per heavy atom. The third-order valence-corrected chi connectivity index (χ3v) is 4.16. The van der Waals surface area contributed by atoms with Crippen LogP contribution in [-0.4, -0.2) is 42.6 Å². The molecular formula is C13H24ClNO. The Hall–Kier alpha value is 0.210. The molecular weight excluding hydrogens is 222 g/mol. The number of morpholine rings is 1. The normalized spacial score (nSPS) is 34.1. The molecule has 0 aromatic carbocycles. The summed E-state index contributed by atoms with van der Waals surface area (Å²) >= 11 is 5.90. The zero-order valence-electron chi connectivity index (χ0n) is 10.3. The number of rotatable bonds is 3. The maximum Gasteiger partial charge on any atom is 0.0841 e. The first-order chi connectivity index (χ1) is 7.78. The van der Waals surface area contributed by atoms with Crippen LogP contribution in [0.1, 0.15) is 39.0 Å². The van der Waals surface area contributed by atoms with E-state index in [4.69, 9.17) is 16.3 Å². The summed E-state index contributed by atoms with van der Waals surface area (Å²) in [7, 11) is 0. The molecule has 0 radical (unpaired) electrons. The van der Waals surface area contributed by atoms with Crippen LogP contribution in [0.2, 0.25) is 0 Å². The average Bonchev–Trinajstić information content (AvgIpc) is 2.29. The fourth-order valence-corrected chi connectivity index (χ4v) is 3.28. The minimum Gasteiger partial charge on any atom is -0.371 e. The van der Waals surface area contributed by atoms with Gasteiger partial charge in [-0.2, -0.15) is 0 Å². The smallest absolute Gasteiger partial charge is 0.0841 e. The highest BCUT2D eigenvalue weighted by Crippen LogP contribution is 2.25. The van der Waals surface area contributed by atoms with E-state index in [0.717, 1.165) is 19.0 Å². The van der Waals surface area contributed by atoms with Crippen molar-refractivity contribution in [2.24, 2.45) is 5.92 Å². The van der Waals surface area contributed by atoms with E-state index in [2.05, 4.69) is 11.8 Å². The maximum atomic E-state index is 5.90. The SMILES string of the molecule is CC1CN(CC2CCCCC2)CC(CCl)O1. The summed E-state index contributed by atoms with van der Waals surface area (Å²) in [6, 6.07) is 0. The zero-order chi connectivity index (χ0) is 11.4. The third-order valence-electron chi connectivity index (χ3n) is 3.82. The molecule has 0 spiro atoms. The minimum atomic E-state index is 0.244. The van der Waals surface area contributed by atoms with Crippen LogP contribution in [0.15, 0.2) is 0 Å². The predicted octanol–water partition coefficient (Wildman–Crippen LogP) is 2.89. The lowest BCUT2D eigenvalue weighted by molar-refractivity contribution is -0.0708. The molecule has 2 atom stereocenters. The molecule has 2 fully saturated rings.